The fraction of sp³-hybridized carbons (Fsp3) is 0.529. The molecular formula is C17H26N2O2. The van der Waals surface area contributed by atoms with Crippen LogP contribution in [-0.2, 0) is 11.2 Å². The molecule has 0 saturated carbocycles. The highest BCUT2D eigenvalue weighted by Crippen LogP contribution is 2.11. The van der Waals surface area contributed by atoms with Crippen LogP contribution in [0.15, 0.2) is 24.3 Å². The summed E-state index contributed by atoms with van der Waals surface area (Å²) in [6.07, 6.45) is 5.15. The van der Waals surface area contributed by atoms with E-state index in [9.17, 15) is 9.59 Å². The SMILES string of the molecule is CCCCCc1ccc(C(=O)CCC(=O)NCCN)cc1. The maximum absolute atomic E-state index is 12.0. The number of carbonyl (C=O) groups is 2. The number of nitrogens with two attached hydrogens (primary N) is 1. The monoisotopic (exact) mass is 290 g/mol. The summed E-state index contributed by atoms with van der Waals surface area (Å²) in [4.78, 5) is 23.4. The van der Waals surface area contributed by atoms with E-state index < -0.39 is 0 Å². The van der Waals surface area contributed by atoms with Crippen molar-refractivity contribution >= 4 is 11.7 Å². The number of ketones is 1. The lowest BCUT2D eigenvalue weighted by atomic mass is 10.0. The van der Waals surface area contributed by atoms with Crippen LogP contribution >= 0.6 is 0 Å². The summed E-state index contributed by atoms with van der Waals surface area (Å²) in [6.45, 7) is 3.06. The van der Waals surface area contributed by atoms with Crippen molar-refractivity contribution in [2.24, 2.45) is 5.73 Å². The molecular weight excluding hydrogens is 264 g/mol. The maximum Gasteiger partial charge on any atom is 0.220 e. The van der Waals surface area contributed by atoms with Gasteiger partial charge in [-0.25, -0.2) is 0 Å². The van der Waals surface area contributed by atoms with Gasteiger partial charge in [0.1, 0.15) is 0 Å². The molecule has 4 nitrogen and oxygen atoms in total. The number of amides is 1. The number of aryl methyl sites for hydroxylation is 1. The normalized spacial score (nSPS) is 10.4. The van der Waals surface area contributed by atoms with Crippen LogP contribution in [0, 0.1) is 0 Å². The molecule has 116 valence electrons. The van der Waals surface area contributed by atoms with E-state index in [1.54, 1.807) is 0 Å². The van der Waals surface area contributed by atoms with Crippen LogP contribution < -0.4 is 11.1 Å². The Hall–Kier alpha value is -1.68. The zero-order valence-electron chi connectivity index (χ0n) is 12.9. The molecule has 0 heterocycles. The molecule has 1 aromatic carbocycles. The summed E-state index contributed by atoms with van der Waals surface area (Å²) in [5.74, 6) is -0.108. The van der Waals surface area contributed by atoms with Gasteiger partial charge in [0.15, 0.2) is 5.78 Å². The third-order valence-corrected chi connectivity index (χ3v) is 3.39. The zero-order valence-corrected chi connectivity index (χ0v) is 12.9. The van der Waals surface area contributed by atoms with Gasteiger partial charge in [-0.3, -0.25) is 9.59 Å². The standard InChI is InChI=1S/C17H26N2O2/c1-2-3-4-5-14-6-8-15(9-7-14)16(20)10-11-17(21)19-13-12-18/h6-9H,2-5,10-13,18H2,1H3,(H,19,21). The van der Waals surface area contributed by atoms with Gasteiger partial charge in [0.2, 0.25) is 5.91 Å². The summed E-state index contributed by atoms with van der Waals surface area (Å²) >= 11 is 0. The second kappa shape index (κ2) is 10.1. The Balaban J connectivity index is 2.38. The minimum Gasteiger partial charge on any atom is -0.355 e. The molecule has 0 aliphatic heterocycles. The van der Waals surface area contributed by atoms with Crippen molar-refractivity contribution in [2.75, 3.05) is 13.1 Å². The van der Waals surface area contributed by atoms with Gasteiger partial charge >= 0.3 is 0 Å². The molecule has 0 bridgehead atoms. The Bertz CT molecular complexity index is 441. The van der Waals surface area contributed by atoms with E-state index in [1.807, 2.05) is 24.3 Å². The van der Waals surface area contributed by atoms with E-state index in [0.717, 1.165) is 6.42 Å². The van der Waals surface area contributed by atoms with E-state index in [2.05, 4.69) is 12.2 Å². The Morgan fingerprint density at radius 3 is 2.43 bits per heavy atom. The van der Waals surface area contributed by atoms with E-state index >= 15 is 0 Å². The molecule has 0 spiro atoms. The Labute approximate surface area is 127 Å². The number of hydrogen-bond donors (Lipinski definition) is 2. The minimum atomic E-state index is -0.120. The van der Waals surface area contributed by atoms with Crippen molar-refractivity contribution in [1.29, 1.82) is 0 Å². The third-order valence-electron chi connectivity index (χ3n) is 3.39. The van der Waals surface area contributed by atoms with Gasteiger partial charge in [-0.2, -0.15) is 0 Å². The van der Waals surface area contributed by atoms with E-state index in [-0.39, 0.29) is 24.5 Å². The molecule has 0 aliphatic rings. The first-order chi connectivity index (χ1) is 10.2. The van der Waals surface area contributed by atoms with Crippen molar-refractivity contribution in [2.45, 2.75) is 45.4 Å². The largest absolute Gasteiger partial charge is 0.355 e. The smallest absolute Gasteiger partial charge is 0.220 e. The van der Waals surface area contributed by atoms with Crippen LogP contribution in [0.1, 0.15) is 54.9 Å². The van der Waals surface area contributed by atoms with Crippen LogP contribution in [0.4, 0.5) is 0 Å². The lowest BCUT2D eigenvalue weighted by Crippen LogP contribution is -2.29. The Kier molecular flexibility index (Phi) is 8.36. The molecule has 0 fully saturated rings. The average Bonchev–Trinajstić information content (AvgIpc) is 2.51. The molecule has 0 atom stereocenters. The van der Waals surface area contributed by atoms with Gasteiger partial charge in [0.25, 0.3) is 0 Å². The van der Waals surface area contributed by atoms with Crippen LogP contribution in [-0.4, -0.2) is 24.8 Å². The summed E-state index contributed by atoms with van der Waals surface area (Å²) < 4.78 is 0. The predicted molar refractivity (Wildman–Crippen MR) is 85.3 cm³/mol. The van der Waals surface area contributed by atoms with Crippen molar-refractivity contribution in [3.63, 3.8) is 0 Å². The molecule has 21 heavy (non-hydrogen) atoms. The molecule has 1 rings (SSSR count). The number of carbonyl (C=O) groups excluding carboxylic acids is 2. The van der Waals surface area contributed by atoms with Gasteiger partial charge in [0, 0.05) is 31.5 Å². The maximum atomic E-state index is 12.0. The molecule has 0 aromatic heterocycles. The van der Waals surface area contributed by atoms with Gasteiger partial charge in [-0.15, -0.1) is 0 Å². The number of rotatable bonds is 10. The Morgan fingerprint density at radius 2 is 1.81 bits per heavy atom. The number of unbranched alkanes of at least 4 members (excludes halogenated alkanes) is 2. The first-order valence-corrected chi connectivity index (χ1v) is 7.76. The molecule has 0 radical (unpaired) electrons. The van der Waals surface area contributed by atoms with Crippen LogP contribution in [0.2, 0.25) is 0 Å². The zero-order chi connectivity index (χ0) is 15.5. The number of benzene rings is 1. The average molecular weight is 290 g/mol. The van der Waals surface area contributed by atoms with E-state index in [4.69, 9.17) is 5.73 Å². The predicted octanol–water partition coefficient (Wildman–Crippen LogP) is 2.46. The molecule has 3 N–H and O–H groups in total. The van der Waals surface area contributed by atoms with Crippen molar-refractivity contribution in [3.05, 3.63) is 35.4 Å². The lowest BCUT2D eigenvalue weighted by molar-refractivity contribution is -0.121. The second-order valence-electron chi connectivity index (χ2n) is 5.22. The topological polar surface area (TPSA) is 72.2 Å². The van der Waals surface area contributed by atoms with E-state index in [1.165, 1.54) is 24.8 Å². The number of hydrogen-bond acceptors (Lipinski definition) is 3. The molecule has 0 aliphatic carbocycles. The molecule has 0 saturated heterocycles. The summed E-state index contributed by atoms with van der Waals surface area (Å²) in [5.41, 5.74) is 7.25. The summed E-state index contributed by atoms with van der Waals surface area (Å²) in [7, 11) is 0. The highest BCUT2D eigenvalue weighted by atomic mass is 16.2. The molecule has 4 heteroatoms. The first-order valence-electron chi connectivity index (χ1n) is 7.76. The van der Waals surface area contributed by atoms with Crippen LogP contribution in [0.3, 0.4) is 0 Å². The number of nitrogens with one attached hydrogen (secondary N) is 1. The first kappa shape index (κ1) is 17.4. The van der Waals surface area contributed by atoms with Crippen molar-refractivity contribution < 1.29 is 9.59 Å². The minimum absolute atomic E-state index is 0.0120. The third kappa shape index (κ3) is 7.04. The van der Waals surface area contributed by atoms with Gasteiger partial charge in [-0.05, 0) is 18.4 Å². The second-order valence-corrected chi connectivity index (χ2v) is 5.22. The quantitative estimate of drug-likeness (QED) is 0.513. The van der Waals surface area contributed by atoms with Gasteiger partial charge < -0.3 is 11.1 Å². The van der Waals surface area contributed by atoms with Crippen molar-refractivity contribution in [3.8, 4) is 0 Å². The fourth-order valence-corrected chi connectivity index (χ4v) is 2.11. The highest BCUT2D eigenvalue weighted by molar-refractivity contribution is 5.97. The highest BCUT2D eigenvalue weighted by Gasteiger charge is 2.09. The van der Waals surface area contributed by atoms with Gasteiger partial charge in [0.05, 0.1) is 0 Å². The lowest BCUT2D eigenvalue weighted by Gasteiger charge is -2.05. The summed E-state index contributed by atoms with van der Waals surface area (Å²) in [6, 6.07) is 7.75. The molecule has 0 unspecified atom stereocenters. The van der Waals surface area contributed by atoms with Crippen LogP contribution in [0.5, 0.6) is 0 Å². The fourth-order valence-electron chi connectivity index (χ4n) is 2.11. The van der Waals surface area contributed by atoms with E-state index in [0.29, 0.717) is 18.7 Å². The number of Topliss-reactive ketones (excluding diaryl/α,β-unsaturated/α-hetero) is 1. The van der Waals surface area contributed by atoms with Gasteiger partial charge in [-0.1, -0.05) is 44.0 Å². The molecule has 1 aromatic rings. The molecule has 1 amide bonds. The van der Waals surface area contributed by atoms with Crippen molar-refractivity contribution in [1.82, 2.24) is 5.32 Å². The van der Waals surface area contributed by atoms with Crippen LogP contribution in [0.25, 0.3) is 0 Å². The summed E-state index contributed by atoms with van der Waals surface area (Å²) in [5, 5.41) is 2.66. The Morgan fingerprint density at radius 1 is 1.10 bits per heavy atom.